The van der Waals surface area contributed by atoms with E-state index in [4.69, 9.17) is 4.74 Å². The van der Waals surface area contributed by atoms with Crippen LogP contribution in [0.25, 0.3) is 16.3 Å². The number of carbonyl (C=O) groups excluding carboxylic acids is 2. The largest absolute Gasteiger partial charge is 0.452 e. The second-order valence-corrected chi connectivity index (χ2v) is 6.95. The normalized spacial score (nSPS) is 11.0. The third-order valence-corrected chi connectivity index (χ3v) is 4.53. The number of fused-ring (bicyclic) bond motifs is 1. The van der Waals surface area contributed by atoms with Crippen molar-refractivity contribution in [2.24, 2.45) is 0 Å². The van der Waals surface area contributed by atoms with E-state index in [1.807, 2.05) is 56.3 Å². The minimum atomic E-state index is -0.583. The monoisotopic (exact) mass is 366 g/mol. The van der Waals surface area contributed by atoms with Crippen molar-refractivity contribution >= 4 is 45.2 Å². The molecular formula is C20H18N2O3S. The Balaban J connectivity index is 1.52. The summed E-state index contributed by atoms with van der Waals surface area (Å²) in [7, 11) is 0. The van der Waals surface area contributed by atoms with Crippen molar-refractivity contribution in [3.05, 3.63) is 64.7 Å². The van der Waals surface area contributed by atoms with Gasteiger partial charge in [-0.3, -0.25) is 4.79 Å². The minimum absolute atomic E-state index is 0.337. The van der Waals surface area contributed by atoms with Crippen LogP contribution in [0.5, 0.6) is 0 Å². The van der Waals surface area contributed by atoms with Gasteiger partial charge >= 0.3 is 5.97 Å². The molecule has 3 rings (SSSR count). The molecule has 0 radical (unpaired) electrons. The van der Waals surface area contributed by atoms with E-state index in [9.17, 15) is 9.59 Å². The van der Waals surface area contributed by atoms with Gasteiger partial charge in [0.15, 0.2) is 6.61 Å². The number of hydrogen-bond donors (Lipinski definition) is 1. The maximum absolute atomic E-state index is 11.9. The molecule has 0 aliphatic carbocycles. The third kappa shape index (κ3) is 4.77. The molecule has 0 spiro atoms. The molecule has 1 heterocycles. The van der Waals surface area contributed by atoms with Crippen LogP contribution in [0.4, 0.5) is 5.69 Å². The Kier molecular flexibility index (Phi) is 5.43. The fraction of sp³-hybridized carbons (Fsp3) is 0.150. The maximum atomic E-state index is 11.9. The smallest absolute Gasteiger partial charge is 0.331 e. The van der Waals surface area contributed by atoms with E-state index >= 15 is 0 Å². The molecule has 0 saturated carbocycles. The van der Waals surface area contributed by atoms with Crippen molar-refractivity contribution in [3.8, 4) is 0 Å². The number of hydrogen-bond acceptors (Lipinski definition) is 5. The summed E-state index contributed by atoms with van der Waals surface area (Å²) in [4.78, 5) is 28.1. The summed E-state index contributed by atoms with van der Waals surface area (Å²) >= 11 is 1.48. The second-order valence-electron chi connectivity index (χ2n) is 5.89. The highest BCUT2D eigenvalue weighted by Gasteiger charge is 2.07. The van der Waals surface area contributed by atoms with Crippen LogP contribution < -0.4 is 5.32 Å². The first-order valence-electron chi connectivity index (χ1n) is 8.08. The molecule has 3 aromatic rings. The zero-order valence-electron chi connectivity index (χ0n) is 14.5. The summed E-state index contributed by atoms with van der Waals surface area (Å²) in [6, 6.07) is 13.5. The van der Waals surface area contributed by atoms with E-state index in [2.05, 4.69) is 10.3 Å². The van der Waals surface area contributed by atoms with Gasteiger partial charge in [0.05, 0.1) is 10.2 Å². The van der Waals surface area contributed by atoms with Crippen LogP contribution in [0.3, 0.4) is 0 Å². The van der Waals surface area contributed by atoms with Crippen molar-refractivity contribution in [1.29, 1.82) is 0 Å². The van der Waals surface area contributed by atoms with Crippen molar-refractivity contribution in [1.82, 2.24) is 4.98 Å². The summed E-state index contributed by atoms with van der Waals surface area (Å²) in [6.45, 7) is 3.57. The second kappa shape index (κ2) is 7.93. The van der Waals surface area contributed by atoms with Gasteiger partial charge in [-0.05, 0) is 55.3 Å². The van der Waals surface area contributed by atoms with Gasteiger partial charge in [0.25, 0.3) is 5.91 Å². The highest BCUT2D eigenvalue weighted by Crippen LogP contribution is 2.22. The molecule has 2 aromatic carbocycles. The number of amides is 1. The van der Waals surface area contributed by atoms with Crippen LogP contribution in [0.2, 0.25) is 0 Å². The fourth-order valence-corrected chi connectivity index (χ4v) is 3.40. The Labute approximate surface area is 155 Å². The predicted molar refractivity (Wildman–Crippen MR) is 104 cm³/mol. The van der Waals surface area contributed by atoms with Crippen LogP contribution >= 0.6 is 11.3 Å². The predicted octanol–water partition coefficient (Wildman–Crippen LogP) is 4.11. The Morgan fingerprint density at radius 3 is 2.62 bits per heavy atom. The summed E-state index contributed by atoms with van der Waals surface area (Å²) in [5.74, 6) is -0.962. The molecule has 0 unspecified atom stereocenters. The fourth-order valence-electron chi connectivity index (χ4n) is 2.53. The van der Waals surface area contributed by atoms with E-state index in [0.717, 1.165) is 21.3 Å². The lowest BCUT2D eigenvalue weighted by Gasteiger charge is -2.07. The van der Waals surface area contributed by atoms with Gasteiger partial charge in [-0.15, -0.1) is 11.3 Å². The van der Waals surface area contributed by atoms with Crippen LogP contribution in [0.15, 0.2) is 48.5 Å². The van der Waals surface area contributed by atoms with Gasteiger partial charge in [-0.1, -0.05) is 18.2 Å². The highest BCUT2D eigenvalue weighted by atomic mass is 32.1. The zero-order valence-corrected chi connectivity index (χ0v) is 15.3. The van der Waals surface area contributed by atoms with E-state index in [-0.39, 0.29) is 12.5 Å². The molecule has 0 atom stereocenters. The Morgan fingerprint density at radius 1 is 1.15 bits per heavy atom. The van der Waals surface area contributed by atoms with Gasteiger partial charge in [-0.25, -0.2) is 9.78 Å². The summed E-state index contributed by atoms with van der Waals surface area (Å²) in [5.41, 5.74) is 3.68. The van der Waals surface area contributed by atoms with Gasteiger partial charge in [-0.2, -0.15) is 0 Å². The number of esters is 1. The molecule has 1 aromatic heterocycles. The van der Waals surface area contributed by atoms with E-state index in [0.29, 0.717) is 10.7 Å². The van der Waals surface area contributed by atoms with Gasteiger partial charge < -0.3 is 10.1 Å². The minimum Gasteiger partial charge on any atom is -0.452 e. The number of thiazole rings is 1. The number of nitrogens with zero attached hydrogens (tertiary/aromatic N) is 1. The topological polar surface area (TPSA) is 68.3 Å². The Morgan fingerprint density at radius 2 is 1.88 bits per heavy atom. The highest BCUT2D eigenvalue weighted by molar-refractivity contribution is 7.19. The average molecular weight is 366 g/mol. The van der Waals surface area contributed by atoms with Crippen LogP contribution in [-0.4, -0.2) is 23.5 Å². The summed E-state index contributed by atoms with van der Waals surface area (Å²) in [6.07, 6.45) is 2.87. The lowest BCUT2D eigenvalue weighted by atomic mass is 10.1. The van der Waals surface area contributed by atoms with E-state index in [1.54, 1.807) is 6.08 Å². The van der Waals surface area contributed by atoms with Gasteiger partial charge in [0.1, 0.15) is 5.01 Å². The SMILES string of the molecule is Cc1cc(C)cc(NC(=O)COC(=O)/C=C/c2nc3ccccc3s2)c1. The van der Waals surface area contributed by atoms with Crippen LogP contribution in [-0.2, 0) is 14.3 Å². The van der Waals surface area contributed by atoms with Gasteiger partial charge in [0, 0.05) is 11.8 Å². The molecule has 26 heavy (non-hydrogen) atoms. The molecule has 132 valence electrons. The lowest BCUT2D eigenvalue weighted by Crippen LogP contribution is -2.20. The van der Waals surface area contributed by atoms with E-state index in [1.165, 1.54) is 17.4 Å². The number of nitrogens with one attached hydrogen (secondary N) is 1. The maximum Gasteiger partial charge on any atom is 0.331 e. The molecule has 1 amide bonds. The van der Waals surface area contributed by atoms with Crippen molar-refractivity contribution in [2.45, 2.75) is 13.8 Å². The first-order chi connectivity index (χ1) is 12.5. The third-order valence-electron chi connectivity index (χ3n) is 3.52. The molecule has 5 nitrogen and oxygen atoms in total. The molecule has 1 N–H and O–H groups in total. The Bertz CT molecular complexity index is 938. The number of ether oxygens (including phenoxy) is 1. The van der Waals surface area contributed by atoms with Crippen molar-refractivity contribution in [3.63, 3.8) is 0 Å². The first-order valence-corrected chi connectivity index (χ1v) is 8.90. The number of aryl methyl sites for hydroxylation is 2. The van der Waals surface area contributed by atoms with Crippen molar-refractivity contribution < 1.29 is 14.3 Å². The lowest BCUT2D eigenvalue weighted by molar-refractivity contribution is -0.142. The first kappa shape index (κ1) is 17.8. The molecule has 0 fully saturated rings. The average Bonchev–Trinajstić information content (AvgIpc) is 3.00. The quantitative estimate of drug-likeness (QED) is 0.545. The standard InChI is InChI=1S/C20H18N2O3S/c1-13-9-14(2)11-15(10-13)21-18(23)12-25-20(24)8-7-19-22-16-5-3-4-6-17(16)26-19/h3-11H,12H2,1-2H3,(H,21,23)/b8-7+. The number of benzene rings is 2. The molecule has 0 aliphatic rings. The Hall–Kier alpha value is -2.99. The molecule has 0 bridgehead atoms. The number of aromatic nitrogens is 1. The molecule has 6 heteroatoms. The summed E-state index contributed by atoms with van der Waals surface area (Å²) in [5, 5.41) is 3.43. The van der Waals surface area contributed by atoms with Crippen molar-refractivity contribution in [2.75, 3.05) is 11.9 Å². The summed E-state index contributed by atoms with van der Waals surface area (Å²) < 4.78 is 6.02. The van der Waals surface area contributed by atoms with E-state index < -0.39 is 5.97 Å². The number of para-hydroxylation sites is 1. The van der Waals surface area contributed by atoms with Gasteiger partial charge in [0.2, 0.25) is 0 Å². The van der Waals surface area contributed by atoms with Crippen LogP contribution in [0.1, 0.15) is 16.1 Å². The molecule has 0 saturated heterocycles. The zero-order chi connectivity index (χ0) is 18.5. The van der Waals surface area contributed by atoms with Crippen LogP contribution in [0, 0.1) is 13.8 Å². The molecular weight excluding hydrogens is 348 g/mol. The molecule has 0 aliphatic heterocycles. The number of carbonyl (C=O) groups is 2. The number of anilines is 1. The number of rotatable bonds is 5.